The highest BCUT2D eigenvalue weighted by Crippen LogP contribution is 2.24. The van der Waals surface area contributed by atoms with E-state index < -0.39 is 0 Å². The van der Waals surface area contributed by atoms with Crippen LogP contribution in [0.1, 0.15) is 15.9 Å². The van der Waals surface area contributed by atoms with E-state index in [0.29, 0.717) is 33.8 Å². The summed E-state index contributed by atoms with van der Waals surface area (Å²) in [4.78, 5) is 24.6. The maximum atomic E-state index is 12.4. The van der Waals surface area contributed by atoms with Crippen LogP contribution in [-0.4, -0.2) is 32.3 Å². The first-order chi connectivity index (χ1) is 16.5. The van der Waals surface area contributed by atoms with Crippen molar-refractivity contribution in [2.75, 3.05) is 11.1 Å². The molecule has 0 atom stereocenters. The average Bonchev–Trinajstić information content (AvgIpc) is 3.23. The number of benzene rings is 3. The predicted molar refractivity (Wildman–Crippen MR) is 135 cm³/mol. The summed E-state index contributed by atoms with van der Waals surface area (Å²) < 4.78 is 1.84. The van der Waals surface area contributed by atoms with Crippen molar-refractivity contribution < 1.29 is 9.59 Å². The third-order valence-electron chi connectivity index (χ3n) is 5.01. The monoisotopic (exact) mass is 491 g/mol. The minimum Gasteiger partial charge on any atom is -0.351 e. The van der Waals surface area contributed by atoms with Gasteiger partial charge in [0.1, 0.15) is 0 Å². The van der Waals surface area contributed by atoms with Gasteiger partial charge in [0.05, 0.1) is 5.75 Å². The topological polar surface area (TPSA) is 88.9 Å². The number of aromatic nitrogens is 3. The zero-order valence-corrected chi connectivity index (χ0v) is 19.9. The maximum absolute atomic E-state index is 12.4. The fourth-order valence-electron chi connectivity index (χ4n) is 3.18. The van der Waals surface area contributed by atoms with Crippen molar-refractivity contribution in [2.45, 2.75) is 11.7 Å². The van der Waals surface area contributed by atoms with Gasteiger partial charge in [-0.3, -0.25) is 9.59 Å². The second-order valence-corrected chi connectivity index (χ2v) is 8.83. The summed E-state index contributed by atoms with van der Waals surface area (Å²) in [6, 6.07) is 23.8. The lowest BCUT2D eigenvalue weighted by atomic mass is 10.1. The molecule has 1 aromatic heterocycles. The smallest absolute Gasteiger partial charge is 0.255 e. The number of nitrogens with zero attached hydrogens (tertiary/aromatic N) is 3. The molecule has 0 aliphatic carbocycles. The maximum Gasteiger partial charge on any atom is 0.255 e. The number of thioether (sulfide) groups is 1. The Hall–Kier alpha value is -3.62. The van der Waals surface area contributed by atoms with E-state index in [2.05, 4.69) is 20.8 Å². The van der Waals surface area contributed by atoms with Gasteiger partial charge in [-0.2, -0.15) is 0 Å². The van der Waals surface area contributed by atoms with Crippen molar-refractivity contribution in [1.82, 2.24) is 20.1 Å². The molecule has 4 aromatic rings. The molecule has 4 rings (SSSR count). The third kappa shape index (κ3) is 6.03. The van der Waals surface area contributed by atoms with Gasteiger partial charge in [0.25, 0.3) is 5.91 Å². The number of hydrogen-bond donors (Lipinski definition) is 2. The van der Waals surface area contributed by atoms with Crippen LogP contribution in [0, 0.1) is 0 Å². The summed E-state index contributed by atoms with van der Waals surface area (Å²) >= 11 is 7.20. The third-order valence-corrected chi connectivity index (χ3v) is 6.28. The van der Waals surface area contributed by atoms with Gasteiger partial charge in [-0.1, -0.05) is 53.7 Å². The Morgan fingerprint density at radius 2 is 1.65 bits per heavy atom. The minimum absolute atomic E-state index is 0.0702. The van der Waals surface area contributed by atoms with Crippen LogP contribution in [0.15, 0.2) is 84.0 Å². The molecule has 1 heterocycles. The average molecular weight is 492 g/mol. The van der Waals surface area contributed by atoms with Crippen LogP contribution in [0.3, 0.4) is 0 Å². The second-order valence-electron chi connectivity index (χ2n) is 7.45. The van der Waals surface area contributed by atoms with E-state index in [0.717, 1.165) is 11.1 Å². The zero-order valence-electron chi connectivity index (χ0n) is 18.4. The molecular weight excluding hydrogens is 470 g/mol. The van der Waals surface area contributed by atoms with E-state index in [1.54, 1.807) is 24.3 Å². The van der Waals surface area contributed by atoms with E-state index in [4.69, 9.17) is 11.6 Å². The van der Waals surface area contributed by atoms with Crippen LogP contribution in [0.25, 0.3) is 11.4 Å². The van der Waals surface area contributed by atoms with Gasteiger partial charge >= 0.3 is 0 Å². The van der Waals surface area contributed by atoms with E-state index in [1.807, 2.05) is 66.2 Å². The molecule has 2 N–H and O–H groups in total. The fraction of sp³-hybridized carbons (Fsp3) is 0.120. The van der Waals surface area contributed by atoms with Crippen LogP contribution in [0.5, 0.6) is 0 Å². The lowest BCUT2D eigenvalue weighted by molar-refractivity contribution is -0.118. The van der Waals surface area contributed by atoms with Gasteiger partial charge in [-0.05, 0) is 54.1 Å². The van der Waals surface area contributed by atoms with Crippen LogP contribution < -0.4 is 10.6 Å². The zero-order chi connectivity index (χ0) is 23.9. The first-order valence-electron chi connectivity index (χ1n) is 10.5. The van der Waals surface area contributed by atoms with Crippen molar-refractivity contribution in [3.63, 3.8) is 0 Å². The Balaban J connectivity index is 1.33. The summed E-state index contributed by atoms with van der Waals surface area (Å²) in [5.41, 5.74) is 3.08. The van der Waals surface area contributed by atoms with Gasteiger partial charge in [-0.15, -0.1) is 10.2 Å². The number of rotatable bonds is 8. The summed E-state index contributed by atoms with van der Waals surface area (Å²) in [7, 11) is 1.86. The Morgan fingerprint density at radius 1 is 0.941 bits per heavy atom. The fourth-order valence-corrected chi connectivity index (χ4v) is 4.04. The highest BCUT2D eigenvalue weighted by molar-refractivity contribution is 7.99. The van der Waals surface area contributed by atoms with Gasteiger partial charge in [-0.25, -0.2) is 0 Å². The summed E-state index contributed by atoms with van der Waals surface area (Å²) in [6.45, 7) is 0.491. The lowest BCUT2D eigenvalue weighted by Gasteiger charge is -2.08. The molecule has 172 valence electrons. The highest BCUT2D eigenvalue weighted by atomic mass is 35.5. The quantitative estimate of drug-likeness (QED) is 0.346. The Bertz CT molecular complexity index is 1280. The summed E-state index contributed by atoms with van der Waals surface area (Å²) in [5.74, 6) is 0.628. The standard InChI is InChI=1S/C25H22ClN5O2S/c1-31-23(29-30-25(31)34-16-22(32)27-15-17-5-3-2-4-6-17)18-9-13-21(14-10-18)28-24(33)19-7-11-20(26)12-8-19/h2-14H,15-16H2,1H3,(H,27,32)(H,28,33). The molecule has 2 amide bonds. The molecule has 7 nitrogen and oxygen atoms in total. The van der Waals surface area contributed by atoms with E-state index in [-0.39, 0.29) is 17.6 Å². The van der Waals surface area contributed by atoms with E-state index in [1.165, 1.54) is 11.8 Å². The van der Waals surface area contributed by atoms with Crippen molar-refractivity contribution in [3.8, 4) is 11.4 Å². The molecular formula is C25H22ClN5O2S. The second kappa shape index (κ2) is 11.0. The Morgan fingerprint density at radius 3 is 2.35 bits per heavy atom. The first kappa shape index (κ1) is 23.5. The van der Waals surface area contributed by atoms with Crippen molar-refractivity contribution >= 4 is 40.9 Å². The van der Waals surface area contributed by atoms with Crippen molar-refractivity contribution in [3.05, 3.63) is 95.0 Å². The molecule has 0 saturated carbocycles. The number of nitrogens with one attached hydrogen (secondary N) is 2. The number of halogens is 1. The molecule has 0 bridgehead atoms. The first-order valence-corrected chi connectivity index (χ1v) is 11.9. The van der Waals surface area contributed by atoms with Crippen molar-refractivity contribution in [1.29, 1.82) is 0 Å². The lowest BCUT2D eigenvalue weighted by Crippen LogP contribution is -2.24. The van der Waals surface area contributed by atoms with E-state index in [9.17, 15) is 9.59 Å². The minimum atomic E-state index is -0.215. The van der Waals surface area contributed by atoms with Gasteiger partial charge < -0.3 is 15.2 Å². The van der Waals surface area contributed by atoms with E-state index >= 15 is 0 Å². The molecule has 0 aliphatic rings. The molecule has 0 radical (unpaired) electrons. The molecule has 0 saturated heterocycles. The number of anilines is 1. The number of carbonyl (C=O) groups excluding carboxylic acids is 2. The van der Waals surface area contributed by atoms with Crippen LogP contribution in [0.2, 0.25) is 5.02 Å². The SMILES string of the molecule is Cn1c(SCC(=O)NCc2ccccc2)nnc1-c1ccc(NC(=O)c2ccc(Cl)cc2)cc1. The molecule has 0 fully saturated rings. The number of hydrogen-bond acceptors (Lipinski definition) is 5. The molecule has 9 heteroatoms. The number of carbonyl (C=O) groups is 2. The summed E-state index contributed by atoms with van der Waals surface area (Å²) in [5, 5.41) is 15.5. The van der Waals surface area contributed by atoms with Crippen LogP contribution in [0.4, 0.5) is 5.69 Å². The van der Waals surface area contributed by atoms with Gasteiger partial charge in [0, 0.05) is 35.4 Å². The molecule has 0 aliphatic heterocycles. The Labute approximate surface area is 206 Å². The Kier molecular flexibility index (Phi) is 7.61. The highest BCUT2D eigenvalue weighted by Gasteiger charge is 2.13. The largest absolute Gasteiger partial charge is 0.351 e. The molecule has 3 aromatic carbocycles. The van der Waals surface area contributed by atoms with Crippen LogP contribution in [-0.2, 0) is 18.4 Å². The van der Waals surface area contributed by atoms with Gasteiger partial charge in [0.2, 0.25) is 5.91 Å². The molecule has 0 spiro atoms. The van der Waals surface area contributed by atoms with Crippen molar-refractivity contribution in [2.24, 2.45) is 7.05 Å². The predicted octanol–water partition coefficient (Wildman–Crippen LogP) is 4.80. The molecule has 0 unspecified atom stereocenters. The van der Waals surface area contributed by atoms with Crippen LogP contribution >= 0.6 is 23.4 Å². The molecule has 34 heavy (non-hydrogen) atoms. The normalized spacial score (nSPS) is 10.6. The summed E-state index contributed by atoms with van der Waals surface area (Å²) in [6.07, 6.45) is 0. The van der Waals surface area contributed by atoms with Gasteiger partial charge in [0.15, 0.2) is 11.0 Å². The number of amides is 2.